The molecule has 2 aromatic carbocycles. The molecule has 2 fully saturated rings. The Bertz CT molecular complexity index is 1270. The maximum atomic E-state index is 13.1. The van der Waals surface area contributed by atoms with Crippen LogP contribution in [0.1, 0.15) is 50.9 Å². The van der Waals surface area contributed by atoms with Gasteiger partial charge in [-0.15, -0.1) is 0 Å². The van der Waals surface area contributed by atoms with Crippen LogP contribution in [0.15, 0.2) is 57.9 Å². The Kier molecular flexibility index (Phi) is 7.39. The summed E-state index contributed by atoms with van der Waals surface area (Å²) in [5.74, 6) is 1.70. The van der Waals surface area contributed by atoms with E-state index in [0.29, 0.717) is 37.1 Å². The van der Waals surface area contributed by atoms with Gasteiger partial charge in [0.2, 0.25) is 10.0 Å². The number of nitrogens with zero attached hydrogens (tertiary/aromatic N) is 4. The van der Waals surface area contributed by atoms with E-state index in [9.17, 15) is 8.42 Å². The maximum absolute atomic E-state index is 13.1. The first-order chi connectivity index (χ1) is 16.9. The number of anilines is 1. The summed E-state index contributed by atoms with van der Waals surface area (Å²) in [6, 6.07) is 15.5. The molecule has 35 heavy (non-hydrogen) atoms. The third-order valence-corrected chi connectivity index (χ3v) is 9.65. The van der Waals surface area contributed by atoms with Crippen molar-refractivity contribution >= 4 is 42.7 Å². The number of aromatic nitrogens is 2. The van der Waals surface area contributed by atoms with Crippen molar-refractivity contribution in [1.82, 2.24) is 19.2 Å². The Morgan fingerprint density at radius 3 is 2.34 bits per heavy atom. The van der Waals surface area contributed by atoms with Crippen molar-refractivity contribution in [3.63, 3.8) is 0 Å². The summed E-state index contributed by atoms with van der Waals surface area (Å²) < 4.78 is 28.6. The van der Waals surface area contributed by atoms with Gasteiger partial charge in [-0.3, -0.25) is 4.90 Å². The van der Waals surface area contributed by atoms with Gasteiger partial charge in [0.05, 0.1) is 16.5 Å². The zero-order chi connectivity index (χ0) is 24.4. The number of rotatable bonds is 6. The highest BCUT2D eigenvalue weighted by Gasteiger charge is 2.31. The first kappa shape index (κ1) is 24.6. The first-order valence-electron chi connectivity index (χ1n) is 12.4. The van der Waals surface area contributed by atoms with Crippen molar-refractivity contribution in [3.05, 3.63) is 58.8 Å². The quantitative estimate of drug-likeness (QED) is 0.448. The van der Waals surface area contributed by atoms with Crippen LogP contribution >= 0.6 is 15.9 Å². The molecule has 3 aromatic rings. The zero-order valence-corrected chi connectivity index (χ0v) is 22.4. The van der Waals surface area contributed by atoms with E-state index in [0.717, 1.165) is 27.0 Å². The SMILES string of the molecule is C[C@H](c1nc(NC2CCCCC2)c2ccccc2n1)N1CCN(S(=O)(=O)c2ccc(Br)cc2)CC1. The lowest BCUT2D eigenvalue weighted by Crippen LogP contribution is -2.49. The molecular formula is C26H32BrN5O2S. The first-order valence-corrected chi connectivity index (χ1v) is 14.7. The molecule has 0 spiro atoms. The second-order valence-corrected chi connectivity index (χ2v) is 12.4. The lowest BCUT2D eigenvalue weighted by Gasteiger charge is -2.37. The van der Waals surface area contributed by atoms with Gasteiger partial charge in [-0.2, -0.15) is 4.31 Å². The number of halogens is 1. The minimum atomic E-state index is -3.50. The fraction of sp³-hybridized carbons (Fsp3) is 0.462. The number of hydrogen-bond acceptors (Lipinski definition) is 6. The molecule has 7 nitrogen and oxygen atoms in total. The molecule has 0 radical (unpaired) electrons. The van der Waals surface area contributed by atoms with Gasteiger partial charge in [0.25, 0.3) is 0 Å². The van der Waals surface area contributed by atoms with Crippen LogP contribution < -0.4 is 5.32 Å². The van der Waals surface area contributed by atoms with E-state index < -0.39 is 10.0 Å². The lowest BCUT2D eigenvalue weighted by molar-refractivity contribution is 0.141. The van der Waals surface area contributed by atoms with Gasteiger partial charge in [-0.05, 0) is 56.2 Å². The smallest absolute Gasteiger partial charge is 0.243 e. The average Bonchev–Trinajstić information content (AvgIpc) is 2.89. The third-order valence-electron chi connectivity index (χ3n) is 7.21. The average molecular weight is 559 g/mol. The van der Waals surface area contributed by atoms with Crippen molar-refractivity contribution in [3.8, 4) is 0 Å². The molecule has 2 aliphatic rings. The van der Waals surface area contributed by atoms with Crippen molar-refractivity contribution in [2.75, 3.05) is 31.5 Å². The molecule has 0 amide bonds. The minimum absolute atomic E-state index is 0.0101. The molecule has 1 aliphatic carbocycles. The molecule has 1 aromatic heterocycles. The van der Waals surface area contributed by atoms with E-state index in [1.54, 1.807) is 28.6 Å². The number of sulfonamides is 1. The molecule has 1 aliphatic heterocycles. The van der Waals surface area contributed by atoms with E-state index >= 15 is 0 Å². The summed E-state index contributed by atoms with van der Waals surface area (Å²) in [6.07, 6.45) is 6.19. The highest BCUT2D eigenvalue weighted by atomic mass is 79.9. The Labute approximate surface area is 216 Å². The van der Waals surface area contributed by atoms with Crippen LogP contribution in [0.3, 0.4) is 0 Å². The molecule has 1 saturated carbocycles. The Morgan fingerprint density at radius 2 is 1.63 bits per heavy atom. The van der Waals surface area contributed by atoms with Crippen LogP contribution in [0.2, 0.25) is 0 Å². The molecule has 186 valence electrons. The van der Waals surface area contributed by atoms with Crippen LogP contribution in [0, 0.1) is 0 Å². The van der Waals surface area contributed by atoms with Crippen LogP contribution in [-0.4, -0.2) is 59.8 Å². The second-order valence-electron chi connectivity index (χ2n) is 9.50. The summed E-state index contributed by atoms with van der Waals surface area (Å²) in [6.45, 7) is 4.29. The van der Waals surface area contributed by atoms with Crippen LogP contribution in [0.5, 0.6) is 0 Å². The normalized spacial score (nSPS) is 19.6. The van der Waals surface area contributed by atoms with Gasteiger partial charge in [-0.1, -0.05) is 47.3 Å². The molecule has 1 N–H and O–H groups in total. The topological polar surface area (TPSA) is 78.4 Å². The Balaban J connectivity index is 1.32. The van der Waals surface area contributed by atoms with Gasteiger partial charge in [-0.25, -0.2) is 18.4 Å². The van der Waals surface area contributed by atoms with E-state index in [-0.39, 0.29) is 6.04 Å². The van der Waals surface area contributed by atoms with Crippen LogP contribution in [0.25, 0.3) is 10.9 Å². The molecule has 9 heteroatoms. The fourth-order valence-electron chi connectivity index (χ4n) is 5.08. The van der Waals surface area contributed by atoms with Crippen molar-refractivity contribution in [2.45, 2.75) is 56.0 Å². The van der Waals surface area contributed by atoms with Crippen LogP contribution in [0.4, 0.5) is 5.82 Å². The Hall–Kier alpha value is -2.07. The predicted molar refractivity (Wildman–Crippen MR) is 143 cm³/mol. The van der Waals surface area contributed by atoms with Crippen LogP contribution in [-0.2, 0) is 10.0 Å². The van der Waals surface area contributed by atoms with Gasteiger partial charge in [0.15, 0.2) is 0 Å². The van der Waals surface area contributed by atoms with E-state index in [1.807, 2.05) is 18.2 Å². The predicted octanol–water partition coefficient (Wildman–Crippen LogP) is 5.20. The number of fused-ring (bicyclic) bond motifs is 1. The molecule has 2 heterocycles. The second kappa shape index (κ2) is 10.5. The number of para-hydroxylation sites is 1. The highest BCUT2D eigenvalue weighted by Crippen LogP contribution is 2.29. The molecule has 1 atom stereocenters. The highest BCUT2D eigenvalue weighted by molar-refractivity contribution is 9.10. The summed E-state index contributed by atoms with van der Waals surface area (Å²) in [5.41, 5.74) is 0.944. The number of nitrogens with one attached hydrogen (secondary N) is 1. The molecule has 0 unspecified atom stereocenters. The molecule has 1 saturated heterocycles. The molecule has 0 bridgehead atoms. The Morgan fingerprint density at radius 1 is 0.943 bits per heavy atom. The van der Waals surface area contributed by atoms with Gasteiger partial charge < -0.3 is 5.32 Å². The maximum Gasteiger partial charge on any atom is 0.243 e. The number of benzene rings is 2. The fourth-order valence-corrected chi connectivity index (χ4v) is 6.77. The monoisotopic (exact) mass is 557 g/mol. The largest absolute Gasteiger partial charge is 0.367 e. The van der Waals surface area contributed by atoms with Crippen molar-refractivity contribution in [1.29, 1.82) is 0 Å². The van der Waals surface area contributed by atoms with E-state index in [2.05, 4.69) is 39.1 Å². The lowest BCUT2D eigenvalue weighted by atomic mass is 9.95. The number of hydrogen-bond donors (Lipinski definition) is 1. The summed E-state index contributed by atoms with van der Waals surface area (Å²) >= 11 is 3.37. The van der Waals surface area contributed by atoms with Gasteiger partial charge in [0, 0.05) is 42.1 Å². The molecule has 5 rings (SSSR count). The standard InChI is InChI=1S/C26H32BrN5O2S/c1-19(31-15-17-32(18-16-31)35(33,34)22-13-11-20(27)12-14-22)25-29-24-10-6-5-9-23(24)26(30-25)28-21-7-3-2-4-8-21/h5-6,9-14,19,21H,2-4,7-8,15-18H2,1H3,(H,28,29,30)/t19-/m1/s1. The van der Waals surface area contributed by atoms with E-state index in [4.69, 9.17) is 9.97 Å². The number of piperazine rings is 1. The van der Waals surface area contributed by atoms with Crippen molar-refractivity contribution < 1.29 is 8.42 Å². The summed E-state index contributed by atoms with van der Waals surface area (Å²) in [5, 5.41) is 4.77. The molecular weight excluding hydrogens is 526 g/mol. The van der Waals surface area contributed by atoms with Crippen molar-refractivity contribution in [2.24, 2.45) is 0 Å². The minimum Gasteiger partial charge on any atom is -0.367 e. The zero-order valence-electron chi connectivity index (χ0n) is 20.0. The summed E-state index contributed by atoms with van der Waals surface area (Å²) in [4.78, 5) is 12.5. The summed E-state index contributed by atoms with van der Waals surface area (Å²) in [7, 11) is -3.50. The van der Waals surface area contributed by atoms with E-state index in [1.165, 1.54) is 32.1 Å². The third kappa shape index (κ3) is 5.38. The van der Waals surface area contributed by atoms with Gasteiger partial charge in [0.1, 0.15) is 11.6 Å². The van der Waals surface area contributed by atoms with Gasteiger partial charge >= 0.3 is 0 Å².